The van der Waals surface area contributed by atoms with Gasteiger partial charge in [0.25, 0.3) is 0 Å². The van der Waals surface area contributed by atoms with Gasteiger partial charge in [0, 0.05) is 18.8 Å². The molecule has 1 aromatic carbocycles. The Morgan fingerprint density at radius 3 is 2.72 bits per heavy atom. The molecule has 2 rings (SSSR count). The van der Waals surface area contributed by atoms with E-state index >= 15 is 0 Å². The maximum Gasteiger partial charge on any atom is 0.0980 e. The normalized spacial score (nSPS) is 21.9. The van der Waals surface area contributed by atoms with E-state index in [0.717, 1.165) is 24.2 Å². The minimum absolute atomic E-state index is 0.0587. The zero-order valence-corrected chi connectivity index (χ0v) is 10.7. The fraction of sp³-hybridized carbons (Fsp3) is 0.571. The summed E-state index contributed by atoms with van der Waals surface area (Å²) in [5.74, 6) is 0. The topological polar surface area (TPSA) is 52.9 Å². The van der Waals surface area contributed by atoms with E-state index in [2.05, 4.69) is 4.90 Å². The predicted octanol–water partition coefficient (Wildman–Crippen LogP) is 1.33. The standard InChI is InChI=1S/C14H21NO3/c1-2-14(17)11-3-5-12(6-4-11)15-7-8-18-13(9-15)10-16/h3-6,13-14,16-17H,2,7-10H2,1H3/t13?,14-/m0/s1. The van der Waals surface area contributed by atoms with Crippen LogP contribution in [0.15, 0.2) is 24.3 Å². The third-order valence-corrected chi connectivity index (χ3v) is 3.37. The van der Waals surface area contributed by atoms with E-state index < -0.39 is 0 Å². The Morgan fingerprint density at radius 1 is 1.39 bits per heavy atom. The summed E-state index contributed by atoms with van der Waals surface area (Å²) in [6.45, 7) is 4.22. The van der Waals surface area contributed by atoms with Crippen molar-refractivity contribution in [1.29, 1.82) is 0 Å². The molecule has 1 aromatic rings. The molecule has 2 N–H and O–H groups in total. The molecule has 1 saturated heterocycles. The molecule has 0 bridgehead atoms. The number of benzene rings is 1. The highest BCUT2D eigenvalue weighted by Crippen LogP contribution is 2.22. The highest BCUT2D eigenvalue weighted by molar-refractivity contribution is 5.48. The molecular weight excluding hydrogens is 230 g/mol. The fourth-order valence-electron chi connectivity index (χ4n) is 2.21. The summed E-state index contributed by atoms with van der Waals surface area (Å²) < 4.78 is 5.43. The van der Waals surface area contributed by atoms with Crippen LogP contribution in [-0.4, -0.2) is 42.6 Å². The van der Waals surface area contributed by atoms with Gasteiger partial charge >= 0.3 is 0 Å². The smallest absolute Gasteiger partial charge is 0.0980 e. The summed E-state index contributed by atoms with van der Waals surface area (Å²) in [7, 11) is 0. The second kappa shape index (κ2) is 6.18. The molecule has 0 spiro atoms. The van der Waals surface area contributed by atoms with Crippen LogP contribution in [0.2, 0.25) is 0 Å². The second-order valence-electron chi connectivity index (χ2n) is 4.64. The summed E-state index contributed by atoms with van der Waals surface area (Å²) in [5.41, 5.74) is 2.07. The number of anilines is 1. The maximum atomic E-state index is 9.74. The summed E-state index contributed by atoms with van der Waals surface area (Å²) in [6, 6.07) is 7.97. The van der Waals surface area contributed by atoms with Crippen molar-refractivity contribution in [3.8, 4) is 0 Å². The number of hydrogen-bond acceptors (Lipinski definition) is 4. The number of aliphatic hydroxyl groups is 2. The zero-order chi connectivity index (χ0) is 13.0. The number of hydrogen-bond donors (Lipinski definition) is 2. The van der Waals surface area contributed by atoms with E-state index in [1.165, 1.54) is 0 Å². The van der Waals surface area contributed by atoms with E-state index in [0.29, 0.717) is 13.2 Å². The van der Waals surface area contributed by atoms with Crippen molar-refractivity contribution in [2.45, 2.75) is 25.6 Å². The third kappa shape index (κ3) is 3.02. The molecule has 0 aromatic heterocycles. The minimum atomic E-state index is -0.381. The Morgan fingerprint density at radius 2 is 2.11 bits per heavy atom. The van der Waals surface area contributed by atoms with E-state index in [1.54, 1.807) is 0 Å². The number of rotatable bonds is 4. The first-order chi connectivity index (χ1) is 8.74. The van der Waals surface area contributed by atoms with Crippen molar-refractivity contribution in [2.75, 3.05) is 31.2 Å². The molecule has 0 radical (unpaired) electrons. The Kier molecular flexibility index (Phi) is 4.58. The van der Waals surface area contributed by atoms with Gasteiger partial charge in [-0.25, -0.2) is 0 Å². The molecule has 0 saturated carbocycles. The molecule has 100 valence electrons. The van der Waals surface area contributed by atoms with E-state index in [-0.39, 0.29) is 18.8 Å². The lowest BCUT2D eigenvalue weighted by Crippen LogP contribution is -2.44. The van der Waals surface area contributed by atoms with Crippen molar-refractivity contribution in [3.05, 3.63) is 29.8 Å². The number of aliphatic hydroxyl groups excluding tert-OH is 2. The van der Waals surface area contributed by atoms with Crippen LogP contribution in [0.25, 0.3) is 0 Å². The molecule has 1 fully saturated rings. The van der Waals surface area contributed by atoms with Crippen LogP contribution in [0.3, 0.4) is 0 Å². The van der Waals surface area contributed by atoms with Gasteiger partial charge < -0.3 is 19.8 Å². The Bertz CT molecular complexity index is 366. The summed E-state index contributed by atoms with van der Waals surface area (Å²) in [6.07, 6.45) is 0.248. The van der Waals surface area contributed by atoms with Gasteiger partial charge in [0.2, 0.25) is 0 Å². The van der Waals surface area contributed by atoms with Crippen molar-refractivity contribution >= 4 is 5.69 Å². The van der Waals surface area contributed by atoms with Crippen molar-refractivity contribution in [2.24, 2.45) is 0 Å². The first-order valence-corrected chi connectivity index (χ1v) is 6.50. The lowest BCUT2D eigenvalue weighted by molar-refractivity contribution is 0.00356. The number of morpholine rings is 1. The zero-order valence-electron chi connectivity index (χ0n) is 10.7. The largest absolute Gasteiger partial charge is 0.394 e. The average Bonchev–Trinajstić information content (AvgIpc) is 2.46. The van der Waals surface area contributed by atoms with Gasteiger partial charge in [0.1, 0.15) is 0 Å². The van der Waals surface area contributed by atoms with Gasteiger partial charge in [-0.1, -0.05) is 19.1 Å². The van der Waals surface area contributed by atoms with Gasteiger partial charge in [-0.05, 0) is 24.1 Å². The molecule has 1 unspecified atom stereocenters. The summed E-state index contributed by atoms with van der Waals surface area (Å²) >= 11 is 0. The average molecular weight is 251 g/mol. The molecule has 1 aliphatic heterocycles. The SMILES string of the molecule is CC[C@H](O)c1ccc(N2CCOC(CO)C2)cc1. The monoisotopic (exact) mass is 251 g/mol. The van der Waals surface area contributed by atoms with E-state index in [9.17, 15) is 5.11 Å². The quantitative estimate of drug-likeness (QED) is 0.847. The molecule has 4 heteroatoms. The molecular formula is C14H21NO3. The Labute approximate surface area is 108 Å². The Balaban J connectivity index is 2.04. The second-order valence-corrected chi connectivity index (χ2v) is 4.64. The van der Waals surface area contributed by atoms with Crippen molar-refractivity contribution in [1.82, 2.24) is 0 Å². The summed E-state index contributed by atoms with van der Waals surface area (Å²) in [5, 5.41) is 18.9. The van der Waals surface area contributed by atoms with Gasteiger partial charge in [-0.3, -0.25) is 0 Å². The molecule has 1 aliphatic rings. The lowest BCUT2D eigenvalue weighted by Gasteiger charge is -2.33. The summed E-state index contributed by atoms with van der Waals surface area (Å²) in [4.78, 5) is 2.20. The van der Waals surface area contributed by atoms with Crippen LogP contribution < -0.4 is 4.90 Å². The minimum Gasteiger partial charge on any atom is -0.394 e. The lowest BCUT2D eigenvalue weighted by atomic mass is 10.1. The van der Waals surface area contributed by atoms with Gasteiger partial charge in [0.05, 0.1) is 25.4 Å². The molecule has 1 heterocycles. The maximum absolute atomic E-state index is 9.74. The van der Waals surface area contributed by atoms with Crippen LogP contribution in [0.1, 0.15) is 25.0 Å². The van der Waals surface area contributed by atoms with Crippen LogP contribution in [0, 0.1) is 0 Å². The Hall–Kier alpha value is -1.10. The number of nitrogens with zero attached hydrogens (tertiary/aromatic N) is 1. The van der Waals surface area contributed by atoms with Crippen molar-refractivity contribution in [3.63, 3.8) is 0 Å². The first kappa shape index (κ1) is 13.3. The molecule has 2 atom stereocenters. The van der Waals surface area contributed by atoms with Gasteiger partial charge in [-0.15, -0.1) is 0 Å². The third-order valence-electron chi connectivity index (χ3n) is 3.37. The van der Waals surface area contributed by atoms with Crippen molar-refractivity contribution < 1.29 is 14.9 Å². The van der Waals surface area contributed by atoms with Crippen LogP contribution in [0.5, 0.6) is 0 Å². The van der Waals surface area contributed by atoms with Gasteiger partial charge in [0.15, 0.2) is 0 Å². The fourth-order valence-corrected chi connectivity index (χ4v) is 2.21. The number of ether oxygens (including phenoxy) is 1. The predicted molar refractivity (Wildman–Crippen MR) is 70.7 cm³/mol. The molecule has 0 amide bonds. The van der Waals surface area contributed by atoms with Crippen LogP contribution in [0.4, 0.5) is 5.69 Å². The van der Waals surface area contributed by atoms with Crippen LogP contribution in [-0.2, 0) is 4.74 Å². The van der Waals surface area contributed by atoms with E-state index in [4.69, 9.17) is 9.84 Å². The molecule has 4 nitrogen and oxygen atoms in total. The van der Waals surface area contributed by atoms with Crippen LogP contribution >= 0.6 is 0 Å². The first-order valence-electron chi connectivity index (χ1n) is 6.50. The highest BCUT2D eigenvalue weighted by Gasteiger charge is 2.19. The molecule has 18 heavy (non-hydrogen) atoms. The highest BCUT2D eigenvalue weighted by atomic mass is 16.5. The molecule has 0 aliphatic carbocycles. The van der Waals surface area contributed by atoms with E-state index in [1.807, 2.05) is 31.2 Å². The van der Waals surface area contributed by atoms with Gasteiger partial charge in [-0.2, -0.15) is 0 Å².